The number of hydrogen-bond acceptors (Lipinski definition) is 5. The standard InChI is InChI=1S/C25H21F6N3O4S/c1-38-24-20(6-7-22(33-24)25(29,30)31)15-8-14(9-17(27)10-15)12-32-23(35)21-11-18(28)13-34(21)39(36,37)19-4-2-16(26)3-5-19/h2-10,18,21H,11-13H2,1H3,(H,32,35)/t18-,21+/m1/s1. The Hall–Kier alpha value is -3.65. The molecular weight excluding hydrogens is 552 g/mol. The predicted molar refractivity (Wildman–Crippen MR) is 127 cm³/mol. The minimum Gasteiger partial charge on any atom is -0.481 e. The zero-order chi connectivity index (χ0) is 28.5. The second-order valence-electron chi connectivity index (χ2n) is 8.69. The van der Waals surface area contributed by atoms with Crippen LogP contribution in [0.2, 0.25) is 0 Å². The van der Waals surface area contributed by atoms with Crippen LogP contribution in [0.4, 0.5) is 26.3 Å². The number of nitrogens with one attached hydrogen (secondary N) is 1. The van der Waals surface area contributed by atoms with E-state index in [4.69, 9.17) is 4.74 Å². The maximum Gasteiger partial charge on any atom is 0.433 e. The molecule has 4 rings (SSSR count). The van der Waals surface area contributed by atoms with E-state index in [1.54, 1.807) is 0 Å². The van der Waals surface area contributed by atoms with Gasteiger partial charge in [-0.05, 0) is 65.7 Å². The number of amides is 1. The van der Waals surface area contributed by atoms with Crippen LogP contribution in [0.5, 0.6) is 5.88 Å². The Morgan fingerprint density at radius 1 is 1.08 bits per heavy atom. The zero-order valence-electron chi connectivity index (χ0n) is 20.2. The molecular formula is C25H21F6N3O4S. The van der Waals surface area contributed by atoms with Gasteiger partial charge in [-0.1, -0.05) is 0 Å². The largest absolute Gasteiger partial charge is 0.481 e. The van der Waals surface area contributed by atoms with Gasteiger partial charge in [-0.25, -0.2) is 26.6 Å². The van der Waals surface area contributed by atoms with E-state index in [-0.39, 0.29) is 28.1 Å². The van der Waals surface area contributed by atoms with Crippen molar-refractivity contribution in [2.75, 3.05) is 13.7 Å². The van der Waals surface area contributed by atoms with Gasteiger partial charge in [0.2, 0.25) is 21.8 Å². The normalized spacial score (nSPS) is 18.2. The number of rotatable bonds is 7. The van der Waals surface area contributed by atoms with Crippen molar-refractivity contribution < 1.29 is 44.3 Å². The Labute approximate surface area is 219 Å². The van der Waals surface area contributed by atoms with Crippen molar-refractivity contribution in [3.05, 3.63) is 77.5 Å². The molecule has 0 bridgehead atoms. The Bertz CT molecular complexity index is 1480. The maximum absolute atomic E-state index is 14.4. The van der Waals surface area contributed by atoms with Gasteiger partial charge in [0.15, 0.2) is 0 Å². The molecule has 1 aliphatic rings. The number of aromatic nitrogens is 1. The second kappa shape index (κ2) is 10.8. The minimum atomic E-state index is -4.72. The summed E-state index contributed by atoms with van der Waals surface area (Å²) in [7, 11) is -3.22. The number of ether oxygens (including phenoxy) is 1. The number of carbonyl (C=O) groups is 1. The zero-order valence-corrected chi connectivity index (χ0v) is 21.0. The first-order valence-electron chi connectivity index (χ1n) is 11.4. The van der Waals surface area contributed by atoms with E-state index >= 15 is 0 Å². The van der Waals surface area contributed by atoms with Crippen LogP contribution in [0.25, 0.3) is 11.1 Å². The molecule has 0 saturated carbocycles. The quantitative estimate of drug-likeness (QED) is 0.422. The fourth-order valence-corrected chi connectivity index (χ4v) is 5.82. The number of nitrogens with zero attached hydrogens (tertiary/aromatic N) is 2. The van der Waals surface area contributed by atoms with Gasteiger partial charge in [0, 0.05) is 25.1 Å². The summed E-state index contributed by atoms with van der Waals surface area (Å²) in [6.45, 7) is -0.888. The predicted octanol–water partition coefficient (Wildman–Crippen LogP) is 4.47. The van der Waals surface area contributed by atoms with Crippen LogP contribution in [-0.2, 0) is 27.5 Å². The summed E-state index contributed by atoms with van der Waals surface area (Å²) in [6.07, 6.45) is -6.77. The Morgan fingerprint density at radius 3 is 2.41 bits per heavy atom. The number of sulfonamides is 1. The van der Waals surface area contributed by atoms with Crippen LogP contribution < -0.4 is 10.1 Å². The molecule has 14 heteroatoms. The topological polar surface area (TPSA) is 88.6 Å². The fourth-order valence-electron chi connectivity index (χ4n) is 4.19. The van der Waals surface area contributed by atoms with Gasteiger partial charge in [-0.15, -0.1) is 0 Å². The fraction of sp³-hybridized carbons (Fsp3) is 0.280. The number of pyridine rings is 1. The molecule has 0 radical (unpaired) electrons. The monoisotopic (exact) mass is 573 g/mol. The molecule has 1 amide bonds. The highest BCUT2D eigenvalue weighted by molar-refractivity contribution is 7.89. The SMILES string of the molecule is COc1nc(C(F)(F)F)ccc1-c1cc(F)cc(CNC(=O)[C@@H]2C[C@@H](F)CN2S(=O)(=O)c2ccc(F)cc2)c1. The molecule has 7 nitrogen and oxygen atoms in total. The number of hydrogen-bond donors (Lipinski definition) is 1. The minimum absolute atomic E-state index is 0.0604. The molecule has 2 atom stereocenters. The van der Waals surface area contributed by atoms with Gasteiger partial charge >= 0.3 is 6.18 Å². The van der Waals surface area contributed by atoms with Crippen LogP contribution in [0.1, 0.15) is 17.7 Å². The third kappa shape index (κ3) is 6.17. The number of methoxy groups -OCH3 is 1. The van der Waals surface area contributed by atoms with Crippen molar-refractivity contribution in [2.24, 2.45) is 0 Å². The van der Waals surface area contributed by atoms with Crippen LogP contribution in [0.15, 0.2) is 59.5 Å². The van der Waals surface area contributed by atoms with Crippen LogP contribution in [0.3, 0.4) is 0 Å². The van der Waals surface area contributed by atoms with E-state index in [1.165, 1.54) is 6.07 Å². The summed E-state index contributed by atoms with van der Waals surface area (Å²) in [5.41, 5.74) is -0.842. The van der Waals surface area contributed by atoms with Crippen molar-refractivity contribution in [3.8, 4) is 17.0 Å². The molecule has 39 heavy (non-hydrogen) atoms. The van der Waals surface area contributed by atoms with Crippen LogP contribution in [0, 0.1) is 11.6 Å². The van der Waals surface area contributed by atoms with Gasteiger partial charge in [0.1, 0.15) is 29.5 Å². The average Bonchev–Trinajstić information content (AvgIpc) is 3.29. The van der Waals surface area contributed by atoms with Crippen molar-refractivity contribution in [1.29, 1.82) is 0 Å². The Morgan fingerprint density at radius 2 is 1.77 bits per heavy atom. The molecule has 1 N–H and O–H groups in total. The summed E-state index contributed by atoms with van der Waals surface area (Å²) in [6, 6.07) is 7.72. The highest BCUT2D eigenvalue weighted by Gasteiger charge is 2.44. The highest BCUT2D eigenvalue weighted by Crippen LogP contribution is 2.35. The van der Waals surface area contributed by atoms with Gasteiger partial charge in [0.05, 0.1) is 12.0 Å². The first-order chi connectivity index (χ1) is 18.3. The number of alkyl halides is 4. The molecule has 2 heterocycles. The summed E-state index contributed by atoms with van der Waals surface area (Å²) >= 11 is 0. The lowest BCUT2D eigenvalue weighted by Crippen LogP contribution is -2.45. The molecule has 1 saturated heterocycles. The van der Waals surface area contributed by atoms with E-state index in [2.05, 4.69) is 10.3 Å². The van der Waals surface area contributed by atoms with E-state index < -0.39 is 70.5 Å². The number of carbonyl (C=O) groups excluding carboxylic acids is 1. The smallest absolute Gasteiger partial charge is 0.433 e. The number of benzene rings is 2. The van der Waals surface area contributed by atoms with Crippen molar-refractivity contribution in [2.45, 2.75) is 36.3 Å². The summed E-state index contributed by atoms with van der Waals surface area (Å²) in [4.78, 5) is 16.0. The van der Waals surface area contributed by atoms with Gasteiger partial charge in [-0.2, -0.15) is 17.5 Å². The Kier molecular flexibility index (Phi) is 7.89. The molecule has 1 aliphatic heterocycles. The lowest BCUT2D eigenvalue weighted by atomic mass is 10.0. The lowest BCUT2D eigenvalue weighted by Gasteiger charge is -2.23. The summed E-state index contributed by atoms with van der Waals surface area (Å²) in [5.74, 6) is -2.69. The van der Waals surface area contributed by atoms with E-state index in [0.29, 0.717) is 10.4 Å². The third-order valence-corrected chi connectivity index (χ3v) is 7.90. The average molecular weight is 574 g/mol. The number of halogens is 6. The van der Waals surface area contributed by atoms with Crippen molar-refractivity contribution in [3.63, 3.8) is 0 Å². The molecule has 2 aromatic carbocycles. The molecule has 0 aliphatic carbocycles. The van der Waals surface area contributed by atoms with Crippen molar-refractivity contribution in [1.82, 2.24) is 14.6 Å². The molecule has 0 spiro atoms. The van der Waals surface area contributed by atoms with Gasteiger partial charge in [-0.3, -0.25) is 4.79 Å². The maximum atomic E-state index is 14.4. The lowest BCUT2D eigenvalue weighted by molar-refractivity contribution is -0.141. The summed E-state index contributed by atoms with van der Waals surface area (Å²) < 4.78 is 113. The first kappa shape index (κ1) is 28.4. The van der Waals surface area contributed by atoms with Crippen LogP contribution >= 0.6 is 0 Å². The van der Waals surface area contributed by atoms with Crippen LogP contribution in [-0.4, -0.2) is 49.5 Å². The summed E-state index contributed by atoms with van der Waals surface area (Å²) in [5, 5.41) is 2.45. The van der Waals surface area contributed by atoms with Gasteiger partial charge < -0.3 is 10.1 Å². The van der Waals surface area contributed by atoms with Gasteiger partial charge in [0.25, 0.3) is 0 Å². The molecule has 208 valence electrons. The van der Waals surface area contributed by atoms with E-state index in [9.17, 15) is 39.6 Å². The third-order valence-electron chi connectivity index (χ3n) is 6.01. The highest BCUT2D eigenvalue weighted by atomic mass is 32.2. The molecule has 1 aromatic heterocycles. The second-order valence-corrected chi connectivity index (χ2v) is 10.6. The molecule has 1 fully saturated rings. The van der Waals surface area contributed by atoms with E-state index in [1.807, 2.05) is 0 Å². The first-order valence-corrected chi connectivity index (χ1v) is 12.8. The molecule has 3 aromatic rings. The van der Waals surface area contributed by atoms with E-state index in [0.717, 1.165) is 49.6 Å². The Balaban J connectivity index is 1.54. The molecule has 0 unspecified atom stereocenters. The van der Waals surface area contributed by atoms with Crippen molar-refractivity contribution >= 4 is 15.9 Å².